The summed E-state index contributed by atoms with van der Waals surface area (Å²) < 4.78 is 18.4. The molecule has 0 spiro atoms. The highest BCUT2D eigenvalue weighted by atomic mass is 35.5. The maximum Gasteiger partial charge on any atom is 0.311 e. The first-order valence-corrected chi connectivity index (χ1v) is 6.23. The number of halogens is 3. The fourth-order valence-corrected chi connectivity index (χ4v) is 1.87. The van der Waals surface area contributed by atoms with E-state index in [0.29, 0.717) is 15.6 Å². The van der Waals surface area contributed by atoms with E-state index in [-0.39, 0.29) is 18.0 Å². The minimum atomic E-state index is -0.635. The topological polar surface area (TPSA) is 52.4 Å². The molecule has 0 N–H and O–H groups in total. The molecule has 0 unspecified atom stereocenters. The Morgan fingerprint density at radius 3 is 2.55 bits per heavy atom. The van der Waals surface area contributed by atoms with Gasteiger partial charge in [0.05, 0.1) is 15.0 Å². The quantitative estimate of drug-likeness (QED) is 0.611. The second-order valence-corrected chi connectivity index (χ2v) is 4.72. The third-order valence-electron chi connectivity index (χ3n) is 2.50. The molecule has 2 aromatic rings. The van der Waals surface area contributed by atoms with E-state index in [9.17, 15) is 14.5 Å². The number of hydrogen-bond donors (Lipinski definition) is 0. The summed E-state index contributed by atoms with van der Waals surface area (Å²) in [6.45, 7) is 0.0151. The van der Waals surface area contributed by atoms with E-state index in [1.807, 2.05) is 0 Å². The van der Waals surface area contributed by atoms with Crippen LogP contribution in [0.2, 0.25) is 10.0 Å². The van der Waals surface area contributed by atoms with E-state index < -0.39 is 10.7 Å². The molecule has 0 amide bonds. The molecule has 0 radical (unpaired) electrons. The molecular weight excluding hydrogens is 308 g/mol. The average Bonchev–Trinajstić information content (AvgIpc) is 2.40. The summed E-state index contributed by atoms with van der Waals surface area (Å²) in [5, 5.41) is 11.6. The molecule has 0 atom stereocenters. The molecular formula is C13H8Cl2FNO3. The Balaban J connectivity index is 2.20. The van der Waals surface area contributed by atoms with Crippen LogP contribution in [0.4, 0.5) is 10.1 Å². The molecule has 104 valence electrons. The normalized spacial score (nSPS) is 10.3. The summed E-state index contributed by atoms with van der Waals surface area (Å²) in [5.74, 6) is -0.749. The van der Waals surface area contributed by atoms with Crippen molar-refractivity contribution in [2.75, 3.05) is 0 Å². The third-order valence-corrected chi connectivity index (χ3v) is 3.24. The number of nitro benzene ring substituents is 1. The zero-order chi connectivity index (χ0) is 14.7. The van der Waals surface area contributed by atoms with E-state index in [0.717, 1.165) is 18.2 Å². The molecule has 2 aromatic carbocycles. The van der Waals surface area contributed by atoms with Gasteiger partial charge in [-0.15, -0.1) is 0 Å². The minimum Gasteiger partial charge on any atom is -0.482 e. The molecule has 0 saturated carbocycles. The lowest BCUT2D eigenvalue weighted by atomic mass is 10.2. The van der Waals surface area contributed by atoms with E-state index in [1.165, 1.54) is 0 Å². The maximum absolute atomic E-state index is 13.1. The van der Waals surface area contributed by atoms with Crippen LogP contribution in [0.25, 0.3) is 0 Å². The van der Waals surface area contributed by atoms with Gasteiger partial charge in [0, 0.05) is 12.1 Å². The van der Waals surface area contributed by atoms with Crippen LogP contribution in [0.5, 0.6) is 5.75 Å². The van der Waals surface area contributed by atoms with Gasteiger partial charge >= 0.3 is 5.69 Å². The number of hydrogen-bond acceptors (Lipinski definition) is 3. The van der Waals surface area contributed by atoms with Crippen LogP contribution in [0.1, 0.15) is 5.56 Å². The van der Waals surface area contributed by atoms with Crippen molar-refractivity contribution in [2.24, 2.45) is 0 Å². The first-order valence-electron chi connectivity index (χ1n) is 5.48. The first-order chi connectivity index (χ1) is 9.47. The van der Waals surface area contributed by atoms with Crippen LogP contribution in [-0.2, 0) is 6.61 Å². The Bertz CT molecular complexity index is 664. The summed E-state index contributed by atoms with van der Waals surface area (Å²) in [5.41, 5.74) is 0.365. The van der Waals surface area contributed by atoms with Crippen molar-refractivity contribution < 1.29 is 14.1 Å². The fourth-order valence-electron chi connectivity index (χ4n) is 1.54. The molecule has 2 rings (SSSR count). The predicted molar refractivity (Wildman–Crippen MR) is 73.8 cm³/mol. The average molecular weight is 316 g/mol. The zero-order valence-electron chi connectivity index (χ0n) is 9.98. The highest BCUT2D eigenvalue weighted by molar-refractivity contribution is 6.42. The Labute approximate surface area is 123 Å². The van der Waals surface area contributed by atoms with Gasteiger partial charge in [-0.25, -0.2) is 4.39 Å². The van der Waals surface area contributed by atoms with Gasteiger partial charge < -0.3 is 4.74 Å². The lowest BCUT2D eigenvalue weighted by molar-refractivity contribution is -0.386. The predicted octanol–water partition coefficient (Wildman–Crippen LogP) is 4.62. The van der Waals surface area contributed by atoms with E-state index >= 15 is 0 Å². The fraction of sp³-hybridized carbons (Fsp3) is 0.0769. The van der Waals surface area contributed by atoms with Gasteiger partial charge in [-0.3, -0.25) is 10.1 Å². The van der Waals surface area contributed by atoms with Gasteiger partial charge in [0.1, 0.15) is 12.4 Å². The number of nitro groups is 1. The van der Waals surface area contributed by atoms with Crippen LogP contribution in [0.3, 0.4) is 0 Å². The Kier molecular flexibility index (Phi) is 4.42. The molecule has 0 bridgehead atoms. The first kappa shape index (κ1) is 14.6. The van der Waals surface area contributed by atoms with Crippen molar-refractivity contribution in [2.45, 2.75) is 6.61 Å². The van der Waals surface area contributed by atoms with Gasteiger partial charge in [0.15, 0.2) is 5.75 Å². The van der Waals surface area contributed by atoms with Gasteiger partial charge in [-0.05, 0) is 23.8 Å². The lowest BCUT2D eigenvalue weighted by Gasteiger charge is -2.07. The van der Waals surface area contributed by atoms with Gasteiger partial charge in [0.25, 0.3) is 0 Å². The molecule has 0 fully saturated rings. The minimum absolute atomic E-state index is 0.0151. The molecule has 0 aliphatic rings. The molecule has 4 nitrogen and oxygen atoms in total. The summed E-state index contributed by atoms with van der Waals surface area (Å²) in [4.78, 5) is 10.2. The standard InChI is InChI=1S/C13H8Cl2FNO3/c14-10-3-1-8(5-11(10)15)7-20-13-6-9(16)2-4-12(13)17(18)19/h1-6H,7H2. The van der Waals surface area contributed by atoms with Crippen molar-refractivity contribution in [1.82, 2.24) is 0 Å². The van der Waals surface area contributed by atoms with E-state index in [4.69, 9.17) is 27.9 Å². The van der Waals surface area contributed by atoms with Crippen molar-refractivity contribution in [3.8, 4) is 5.75 Å². The number of rotatable bonds is 4. The Morgan fingerprint density at radius 1 is 1.15 bits per heavy atom. The van der Waals surface area contributed by atoms with E-state index in [2.05, 4.69) is 0 Å². The monoisotopic (exact) mass is 315 g/mol. The molecule has 7 heteroatoms. The van der Waals surface area contributed by atoms with E-state index in [1.54, 1.807) is 18.2 Å². The molecule has 0 aliphatic carbocycles. The summed E-state index contributed by atoms with van der Waals surface area (Å²) in [6, 6.07) is 7.86. The summed E-state index contributed by atoms with van der Waals surface area (Å²) in [6.07, 6.45) is 0. The molecule has 0 heterocycles. The van der Waals surface area contributed by atoms with Crippen LogP contribution in [0, 0.1) is 15.9 Å². The third kappa shape index (κ3) is 3.37. The summed E-state index contributed by atoms with van der Waals surface area (Å²) >= 11 is 11.6. The molecule has 0 saturated heterocycles. The van der Waals surface area contributed by atoms with Crippen molar-refractivity contribution in [1.29, 1.82) is 0 Å². The van der Waals surface area contributed by atoms with Crippen LogP contribution >= 0.6 is 23.2 Å². The smallest absolute Gasteiger partial charge is 0.311 e. The SMILES string of the molecule is O=[N+]([O-])c1ccc(F)cc1OCc1ccc(Cl)c(Cl)c1. The Morgan fingerprint density at radius 2 is 1.90 bits per heavy atom. The Hall–Kier alpha value is -1.85. The summed E-state index contributed by atoms with van der Waals surface area (Å²) in [7, 11) is 0. The highest BCUT2D eigenvalue weighted by Gasteiger charge is 2.16. The maximum atomic E-state index is 13.1. The van der Waals surface area contributed by atoms with Crippen molar-refractivity contribution >= 4 is 28.9 Å². The van der Waals surface area contributed by atoms with Crippen molar-refractivity contribution in [3.63, 3.8) is 0 Å². The molecule has 0 aliphatic heterocycles. The largest absolute Gasteiger partial charge is 0.482 e. The zero-order valence-corrected chi connectivity index (χ0v) is 11.5. The van der Waals surface area contributed by atoms with Gasteiger partial charge in [0.2, 0.25) is 0 Å². The molecule has 20 heavy (non-hydrogen) atoms. The lowest BCUT2D eigenvalue weighted by Crippen LogP contribution is -1.99. The van der Waals surface area contributed by atoms with Crippen LogP contribution in [-0.4, -0.2) is 4.92 Å². The van der Waals surface area contributed by atoms with Gasteiger partial charge in [-0.1, -0.05) is 29.3 Å². The number of nitrogens with zero attached hydrogens (tertiary/aromatic N) is 1. The highest BCUT2D eigenvalue weighted by Crippen LogP contribution is 2.29. The number of benzene rings is 2. The molecule has 0 aromatic heterocycles. The van der Waals surface area contributed by atoms with Crippen LogP contribution in [0.15, 0.2) is 36.4 Å². The second-order valence-electron chi connectivity index (χ2n) is 3.91. The second kappa shape index (κ2) is 6.07. The van der Waals surface area contributed by atoms with Gasteiger partial charge in [-0.2, -0.15) is 0 Å². The number of ether oxygens (including phenoxy) is 1. The van der Waals surface area contributed by atoms with Crippen LogP contribution < -0.4 is 4.74 Å². The van der Waals surface area contributed by atoms with Crippen molar-refractivity contribution in [3.05, 3.63) is 67.9 Å².